The van der Waals surface area contributed by atoms with Crippen molar-refractivity contribution in [3.63, 3.8) is 0 Å². The van der Waals surface area contributed by atoms with Gasteiger partial charge in [0.2, 0.25) is 0 Å². The lowest BCUT2D eigenvalue weighted by molar-refractivity contribution is -0.00461. The Morgan fingerprint density at radius 3 is 2.43 bits per heavy atom. The zero-order chi connectivity index (χ0) is 15.4. The number of methoxy groups -OCH3 is 2. The predicted molar refractivity (Wildman–Crippen MR) is 82.8 cm³/mol. The predicted octanol–water partition coefficient (Wildman–Crippen LogP) is 1.91. The van der Waals surface area contributed by atoms with Crippen LogP contribution in [0.2, 0.25) is 0 Å². The van der Waals surface area contributed by atoms with Crippen LogP contribution in [0, 0.1) is 6.92 Å². The summed E-state index contributed by atoms with van der Waals surface area (Å²) in [4.78, 5) is 14.6. The van der Waals surface area contributed by atoms with E-state index in [2.05, 4.69) is 5.32 Å². The van der Waals surface area contributed by atoms with Crippen molar-refractivity contribution < 1.29 is 14.3 Å². The summed E-state index contributed by atoms with van der Waals surface area (Å²) in [5.74, 6) is 0.0243. The van der Waals surface area contributed by atoms with Crippen molar-refractivity contribution in [2.45, 2.75) is 26.1 Å². The Balaban J connectivity index is 2.22. The molecule has 0 spiro atoms. The second-order valence-corrected chi connectivity index (χ2v) is 5.34. The molecule has 0 bridgehead atoms. The summed E-state index contributed by atoms with van der Waals surface area (Å²) in [5.41, 5.74) is 2.66. The minimum Gasteiger partial charge on any atom is -0.385 e. The molecule has 1 aliphatic rings. The van der Waals surface area contributed by atoms with E-state index in [4.69, 9.17) is 9.47 Å². The van der Waals surface area contributed by atoms with Gasteiger partial charge in [0.1, 0.15) is 12.2 Å². The van der Waals surface area contributed by atoms with Gasteiger partial charge in [-0.2, -0.15) is 0 Å². The first kappa shape index (κ1) is 15.8. The van der Waals surface area contributed by atoms with E-state index in [0.29, 0.717) is 18.7 Å². The molecule has 1 aromatic carbocycles. The standard InChI is InChI=1S/C16H24N2O3/c1-5-17-13-7-6-11(2)8-12(13)16(19)18-9-14(20-3)15(10-18)21-4/h6-8,14-15,17H,5,9-10H2,1-4H3. The maximum absolute atomic E-state index is 12.8. The summed E-state index contributed by atoms with van der Waals surface area (Å²) in [6, 6.07) is 5.90. The first-order chi connectivity index (χ1) is 10.1. The normalized spacial score (nSPS) is 21.6. The minimum atomic E-state index is -0.0636. The molecule has 1 aromatic rings. The Bertz CT molecular complexity index is 492. The van der Waals surface area contributed by atoms with Crippen LogP contribution < -0.4 is 5.32 Å². The number of ether oxygens (including phenoxy) is 2. The van der Waals surface area contributed by atoms with E-state index < -0.39 is 0 Å². The number of aryl methyl sites for hydroxylation is 1. The molecule has 2 atom stereocenters. The van der Waals surface area contributed by atoms with Crippen molar-refractivity contribution in [3.05, 3.63) is 29.3 Å². The monoisotopic (exact) mass is 292 g/mol. The molecule has 0 aliphatic carbocycles. The molecule has 2 rings (SSSR count). The van der Waals surface area contributed by atoms with Crippen molar-refractivity contribution in [1.82, 2.24) is 4.90 Å². The highest BCUT2D eigenvalue weighted by Gasteiger charge is 2.36. The van der Waals surface area contributed by atoms with Gasteiger partial charge in [-0.3, -0.25) is 4.79 Å². The SMILES string of the molecule is CCNc1ccc(C)cc1C(=O)N1CC(OC)C(OC)C1. The van der Waals surface area contributed by atoms with Crippen molar-refractivity contribution in [3.8, 4) is 0 Å². The number of rotatable bonds is 5. The molecule has 0 aromatic heterocycles. The number of nitrogens with zero attached hydrogens (tertiary/aromatic N) is 1. The first-order valence-corrected chi connectivity index (χ1v) is 7.30. The Labute approximate surface area is 126 Å². The van der Waals surface area contributed by atoms with Gasteiger partial charge in [0, 0.05) is 39.5 Å². The maximum atomic E-state index is 12.8. The number of likely N-dealkylation sites (tertiary alicyclic amines) is 1. The third-order valence-corrected chi connectivity index (χ3v) is 3.88. The van der Waals surface area contributed by atoms with Gasteiger partial charge < -0.3 is 19.7 Å². The molecule has 116 valence electrons. The Hall–Kier alpha value is -1.59. The third-order valence-electron chi connectivity index (χ3n) is 3.88. The number of amides is 1. The summed E-state index contributed by atoms with van der Waals surface area (Å²) in [6.07, 6.45) is -0.127. The Morgan fingerprint density at radius 1 is 1.29 bits per heavy atom. The van der Waals surface area contributed by atoms with Crippen molar-refractivity contribution in [2.75, 3.05) is 39.2 Å². The number of hydrogen-bond acceptors (Lipinski definition) is 4. The van der Waals surface area contributed by atoms with Crippen LogP contribution in [0.5, 0.6) is 0 Å². The molecule has 2 unspecified atom stereocenters. The second-order valence-electron chi connectivity index (χ2n) is 5.34. The molecule has 1 saturated heterocycles. The summed E-state index contributed by atoms with van der Waals surface area (Å²) in [5, 5.41) is 3.25. The van der Waals surface area contributed by atoms with E-state index in [1.807, 2.05) is 32.0 Å². The quantitative estimate of drug-likeness (QED) is 0.901. The van der Waals surface area contributed by atoms with Crippen LogP contribution in [0.15, 0.2) is 18.2 Å². The topological polar surface area (TPSA) is 50.8 Å². The van der Waals surface area contributed by atoms with Crippen LogP contribution in [-0.2, 0) is 9.47 Å². The average molecular weight is 292 g/mol. The molecule has 21 heavy (non-hydrogen) atoms. The van der Waals surface area contributed by atoms with E-state index in [0.717, 1.165) is 17.8 Å². The van der Waals surface area contributed by atoms with E-state index in [1.54, 1.807) is 19.1 Å². The molecular formula is C16H24N2O3. The molecule has 0 radical (unpaired) electrons. The number of anilines is 1. The van der Waals surface area contributed by atoms with Crippen molar-refractivity contribution >= 4 is 11.6 Å². The fourth-order valence-electron chi connectivity index (χ4n) is 2.71. The van der Waals surface area contributed by atoms with Gasteiger partial charge in [-0.1, -0.05) is 11.6 Å². The molecule has 0 saturated carbocycles. The van der Waals surface area contributed by atoms with E-state index >= 15 is 0 Å². The van der Waals surface area contributed by atoms with Gasteiger partial charge in [-0.25, -0.2) is 0 Å². The van der Waals surface area contributed by atoms with Gasteiger partial charge in [-0.05, 0) is 26.0 Å². The smallest absolute Gasteiger partial charge is 0.256 e. The molecule has 1 heterocycles. The van der Waals surface area contributed by atoms with Gasteiger partial charge in [0.05, 0.1) is 5.56 Å². The number of carbonyl (C=O) groups excluding carboxylic acids is 1. The second kappa shape index (κ2) is 6.91. The summed E-state index contributed by atoms with van der Waals surface area (Å²) >= 11 is 0. The fraction of sp³-hybridized carbons (Fsp3) is 0.562. The molecule has 5 heteroatoms. The van der Waals surface area contributed by atoms with Gasteiger partial charge in [0.25, 0.3) is 5.91 Å². The minimum absolute atomic E-state index is 0.0243. The lowest BCUT2D eigenvalue weighted by Crippen LogP contribution is -2.30. The zero-order valence-electron chi connectivity index (χ0n) is 13.2. The number of benzene rings is 1. The lowest BCUT2D eigenvalue weighted by atomic mass is 10.1. The van der Waals surface area contributed by atoms with Gasteiger partial charge in [0.15, 0.2) is 0 Å². The zero-order valence-corrected chi connectivity index (χ0v) is 13.2. The van der Waals surface area contributed by atoms with Crippen LogP contribution in [-0.4, -0.2) is 56.9 Å². The van der Waals surface area contributed by atoms with Crippen molar-refractivity contribution in [2.24, 2.45) is 0 Å². The van der Waals surface area contributed by atoms with Gasteiger partial charge in [-0.15, -0.1) is 0 Å². The highest BCUT2D eigenvalue weighted by Crippen LogP contribution is 2.23. The highest BCUT2D eigenvalue weighted by molar-refractivity contribution is 6.00. The summed E-state index contributed by atoms with van der Waals surface area (Å²) in [6.45, 7) is 5.92. The van der Waals surface area contributed by atoms with Crippen LogP contribution >= 0.6 is 0 Å². The number of carbonyl (C=O) groups is 1. The Morgan fingerprint density at radius 2 is 1.90 bits per heavy atom. The molecule has 1 aliphatic heterocycles. The highest BCUT2D eigenvalue weighted by atomic mass is 16.5. The molecule has 1 N–H and O–H groups in total. The van der Waals surface area contributed by atoms with E-state index in [-0.39, 0.29) is 18.1 Å². The summed E-state index contributed by atoms with van der Waals surface area (Å²) in [7, 11) is 3.31. The fourth-order valence-corrected chi connectivity index (χ4v) is 2.71. The first-order valence-electron chi connectivity index (χ1n) is 7.30. The average Bonchev–Trinajstić information content (AvgIpc) is 2.92. The van der Waals surface area contributed by atoms with Crippen LogP contribution in [0.25, 0.3) is 0 Å². The molecular weight excluding hydrogens is 268 g/mol. The van der Waals surface area contributed by atoms with Gasteiger partial charge >= 0.3 is 0 Å². The molecule has 5 nitrogen and oxygen atoms in total. The van der Waals surface area contributed by atoms with E-state index in [1.165, 1.54) is 0 Å². The van der Waals surface area contributed by atoms with Crippen molar-refractivity contribution in [1.29, 1.82) is 0 Å². The molecule has 1 fully saturated rings. The largest absolute Gasteiger partial charge is 0.385 e. The number of nitrogens with one attached hydrogen (secondary N) is 1. The maximum Gasteiger partial charge on any atom is 0.256 e. The molecule has 1 amide bonds. The summed E-state index contributed by atoms with van der Waals surface area (Å²) < 4.78 is 10.8. The third kappa shape index (κ3) is 3.36. The van der Waals surface area contributed by atoms with Crippen LogP contribution in [0.1, 0.15) is 22.8 Å². The number of hydrogen-bond donors (Lipinski definition) is 1. The Kier molecular flexibility index (Phi) is 5.20. The van der Waals surface area contributed by atoms with Crippen LogP contribution in [0.3, 0.4) is 0 Å². The van der Waals surface area contributed by atoms with E-state index in [9.17, 15) is 4.79 Å². The van der Waals surface area contributed by atoms with Crippen LogP contribution in [0.4, 0.5) is 5.69 Å². The lowest BCUT2D eigenvalue weighted by Gasteiger charge is -2.19.